The topological polar surface area (TPSA) is 93.5 Å². The summed E-state index contributed by atoms with van der Waals surface area (Å²) < 4.78 is 28.9. The van der Waals surface area contributed by atoms with E-state index < -0.39 is 22.7 Å². The van der Waals surface area contributed by atoms with Gasteiger partial charge in [0.15, 0.2) is 6.10 Å². The third kappa shape index (κ3) is 5.45. The molecule has 188 valence electrons. The van der Waals surface area contributed by atoms with E-state index in [-0.39, 0.29) is 11.2 Å². The van der Waals surface area contributed by atoms with Crippen molar-refractivity contribution in [3.63, 3.8) is 0 Å². The van der Waals surface area contributed by atoms with Gasteiger partial charge in [-0.2, -0.15) is 10.6 Å². The van der Waals surface area contributed by atoms with E-state index >= 15 is 0 Å². The maximum Gasteiger partial charge on any atom is 0.344 e. The van der Waals surface area contributed by atoms with Crippen molar-refractivity contribution in [1.29, 1.82) is 0 Å². The fourth-order valence-corrected chi connectivity index (χ4v) is 6.85. The fourth-order valence-electron chi connectivity index (χ4n) is 4.60. The Balaban J connectivity index is 2.26. The molecule has 0 saturated carbocycles. The van der Waals surface area contributed by atoms with Crippen LogP contribution < -0.4 is 14.5 Å². The molecule has 1 aliphatic rings. The molecule has 0 aliphatic carbocycles. The number of carbonyl (C=O) groups is 1. The molecule has 34 heavy (non-hydrogen) atoms. The third-order valence-electron chi connectivity index (χ3n) is 6.70. The molecule has 2 unspecified atom stereocenters. The zero-order valence-corrected chi connectivity index (χ0v) is 21.6. The van der Waals surface area contributed by atoms with Gasteiger partial charge in [0.2, 0.25) is 0 Å². The Morgan fingerprint density at radius 3 is 2.44 bits per heavy atom. The number of carboxylic acid groups (broad SMARTS) is 1. The van der Waals surface area contributed by atoms with Gasteiger partial charge in [-0.1, -0.05) is 44.9 Å². The van der Waals surface area contributed by atoms with Crippen LogP contribution in [0.5, 0.6) is 5.75 Å². The maximum absolute atomic E-state index is 11.6. The molecule has 2 atom stereocenters. The van der Waals surface area contributed by atoms with Crippen LogP contribution in [0.3, 0.4) is 0 Å². The lowest BCUT2D eigenvalue weighted by Crippen LogP contribution is -2.37. The van der Waals surface area contributed by atoms with Crippen LogP contribution in [0.1, 0.15) is 46.5 Å². The van der Waals surface area contributed by atoms with Crippen molar-refractivity contribution in [3.8, 4) is 5.75 Å². The van der Waals surface area contributed by atoms with Crippen molar-refractivity contribution in [2.75, 3.05) is 36.2 Å². The number of para-hydroxylation sites is 1. The molecule has 7 nitrogen and oxygen atoms in total. The molecule has 0 amide bonds. The van der Waals surface area contributed by atoms with Crippen molar-refractivity contribution < 1.29 is 23.7 Å². The molecule has 2 aromatic carbocycles. The Kier molecular flexibility index (Phi) is 8.06. The molecule has 1 aliphatic heterocycles. The van der Waals surface area contributed by atoms with Crippen LogP contribution in [0.2, 0.25) is 0 Å². The van der Waals surface area contributed by atoms with Gasteiger partial charge in [-0.3, -0.25) is 9.11 Å². The summed E-state index contributed by atoms with van der Waals surface area (Å²) in [6.45, 7) is 6.40. The van der Waals surface area contributed by atoms with Gasteiger partial charge in [0.1, 0.15) is 5.75 Å². The van der Waals surface area contributed by atoms with Gasteiger partial charge in [0.05, 0.1) is 16.3 Å². The first-order valence-corrected chi connectivity index (χ1v) is 13.6. The third-order valence-corrected chi connectivity index (χ3v) is 8.74. The van der Waals surface area contributed by atoms with Crippen LogP contribution in [0.15, 0.2) is 47.4 Å². The van der Waals surface area contributed by atoms with Crippen LogP contribution >= 0.6 is 10.6 Å². The van der Waals surface area contributed by atoms with E-state index in [9.17, 15) is 19.0 Å². The molecule has 0 spiro atoms. The zero-order valence-electron chi connectivity index (χ0n) is 20.8. The Morgan fingerprint density at radius 1 is 1.21 bits per heavy atom. The van der Waals surface area contributed by atoms with Gasteiger partial charge in [-0.25, -0.2) is 4.79 Å². The highest BCUT2D eigenvalue weighted by Crippen LogP contribution is 2.62. The molecule has 3 N–H and O–H groups in total. The van der Waals surface area contributed by atoms with Crippen LogP contribution in [0, 0.1) is 5.41 Å². The normalized spacial score (nSPS) is 21.2. The first-order valence-electron chi connectivity index (χ1n) is 11.9. The molecule has 2 aromatic rings. The maximum atomic E-state index is 11.6. The molecule has 0 saturated heterocycles. The average Bonchev–Trinajstić information content (AvgIpc) is 2.90. The molecule has 8 heteroatoms. The van der Waals surface area contributed by atoms with Crippen molar-refractivity contribution in [3.05, 3.63) is 42.5 Å². The quantitative estimate of drug-likeness (QED) is 0.372. The molecular formula is C26H38N2O5S. The first-order chi connectivity index (χ1) is 16.0. The molecular weight excluding hydrogens is 452 g/mol. The Bertz CT molecular complexity index is 998. The Hall–Kier alpha value is -2.42. The molecule has 0 radical (unpaired) electrons. The predicted molar refractivity (Wildman–Crippen MR) is 140 cm³/mol. The second kappa shape index (κ2) is 10.5. The lowest BCUT2D eigenvalue weighted by Gasteiger charge is -2.41. The summed E-state index contributed by atoms with van der Waals surface area (Å²) in [5.41, 5.74) is 2.10. The van der Waals surface area contributed by atoms with Crippen molar-refractivity contribution >= 4 is 33.6 Å². The smallest absolute Gasteiger partial charge is 0.344 e. The fraction of sp³-hybridized carbons (Fsp3) is 0.500. The number of anilines is 3. The Labute approximate surface area is 204 Å². The summed E-state index contributed by atoms with van der Waals surface area (Å²) in [7, 11) is 0.542. The highest BCUT2D eigenvalue weighted by atomic mass is 32.3. The highest BCUT2D eigenvalue weighted by molar-refractivity contribution is 8.24. The van der Waals surface area contributed by atoms with Crippen LogP contribution in [0.25, 0.3) is 0 Å². The van der Waals surface area contributed by atoms with E-state index in [1.165, 1.54) is 6.92 Å². The van der Waals surface area contributed by atoms with E-state index in [1.54, 1.807) is 6.07 Å². The van der Waals surface area contributed by atoms with E-state index in [4.69, 9.17) is 4.74 Å². The van der Waals surface area contributed by atoms with Gasteiger partial charge < -0.3 is 19.6 Å². The summed E-state index contributed by atoms with van der Waals surface area (Å²) in [6.07, 6.45) is 2.69. The van der Waals surface area contributed by atoms with Gasteiger partial charge in [0.25, 0.3) is 0 Å². The number of aliphatic carboxylic acids is 1. The first kappa shape index (κ1) is 26.2. The van der Waals surface area contributed by atoms with Crippen molar-refractivity contribution in [1.82, 2.24) is 0 Å². The number of nitrogens with zero attached hydrogens (tertiary/aromatic N) is 2. The molecule has 1 heterocycles. The van der Waals surface area contributed by atoms with E-state index in [0.717, 1.165) is 37.1 Å². The summed E-state index contributed by atoms with van der Waals surface area (Å²) in [6, 6.07) is 13.5. The summed E-state index contributed by atoms with van der Waals surface area (Å²) >= 11 is 0. The van der Waals surface area contributed by atoms with E-state index in [1.807, 2.05) is 55.4 Å². The predicted octanol–water partition coefficient (Wildman–Crippen LogP) is 6.45. The number of carboxylic acids is 1. The van der Waals surface area contributed by atoms with Crippen LogP contribution in [-0.2, 0) is 4.79 Å². The van der Waals surface area contributed by atoms with Gasteiger partial charge >= 0.3 is 5.97 Å². The van der Waals surface area contributed by atoms with E-state index in [2.05, 4.69) is 18.7 Å². The van der Waals surface area contributed by atoms with Gasteiger partial charge in [0, 0.05) is 43.6 Å². The summed E-state index contributed by atoms with van der Waals surface area (Å²) in [4.78, 5) is 15.9. The number of unbranched alkanes of at least 4 members (excludes halogenated alkanes) is 1. The number of benzene rings is 2. The number of ether oxygens (including phenoxy) is 1. The SMILES string of the molecule is CCCCC1(CC)CN(c2ccccc2)c2cc(N(C)C)c(OC(C)C(=O)O)cc2S(O)(O)C1. The zero-order chi connectivity index (χ0) is 25.1. The molecule has 0 fully saturated rings. The molecule has 3 rings (SSSR count). The molecule has 0 bridgehead atoms. The van der Waals surface area contributed by atoms with Gasteiger partial charge in [-0.15, -0.1) is 0 Å². The second-order valence-corrected chi connectivity index (χ2v) is 11.5. The minimum Gasteiger partial charge on any atom is -0.479 e. The standard InChI is InChI=1S/C26H38N2O5S/c1-6-8-14-26(7-2)17-28(20-12-10-9-11-13-20)22-15-21(27(4)5)23(33-19(3)25(29)30)16-24(22)34(31,32)18-26/h9-13,15-16,19,31-32H,6-8,14,17-18H2,1-5H3,(H,29,30). The largest absolute Gasteiger partial charge is 0.479 e. The van der Waals surface area contributed by atoms with E-state index in [0.29, 0.717) is 22.9 Å². The lowest BCUT2D eigenvalue weighted by atomic mass is 9.81. The highest BCUT2D eigenvalue weighted by Gasteiger charge is 2.42. The molecule has 0 aromatic heterocycles. The second-order valence-electron chi connectivity index (χ2n) is 9.47. The summed E-state index contributed by atoms with van der Waals surface area (Å²) in [5.74, 6) is -0.492. The average molecular weight is 491 g/mol. The van der Waals surface area contributed by atoms with Crippen molar-refractivity contribution in [2.24, 2.45) is 5.41 Å². The minimum atomic E-state index is -3.18. The number of fused-ring (bicyclic) bond motifs is 1. The Morgan fingerprint density at radius 2 is 1.88 bits per heavy atom. The minimum absolute atomic E-state index is 0.266. The van der Waals surface area contributed by atoms with Crippen LogP contribution in [0.4, 0.5) is 17.1 Å². The van der Waals surface area contributed by atoms with Gasteiger partial charge in [-0.05, 0) is 38.0 Å². The number of rotatable bonds is 9. The number of hydrogen-bond donors (Lipinski definition) is 3. The van der Waals surface area contributed by atoms with Crippen LogP contribution in [-0.4, -0.2) is 52.7 Å². The number of hydrogen-bond acceptors (Lipinski definition) is 6. The van der Waals surface area contributed by atoms with Crippen molar-refractivity contribution in [2.45, 2.75) is 57.5 Å². The lowest BCUT2D eigenvalue weighted by molar-refractivity contribution is -0.144. The monoisotopic (exact) mass is 490 g/mol. The summed E-state index contributed by atoms with van der Waals surface area (Å²) in [5, 5.41) is 9.39.